The number of rotatable bonds is 4. The number of aromatic nitrogens is 4. The van der Waals surface area contributed by atoms with Gasteiger partial charge in [0, 0.05) is 31.7 Å². The van der Waals surface area contributed by atoms with Gasteiger partial charge in [-0.05, 0) is 31.2 Å². The molecule has 2 aromatic rings. The van der Waals surface area contributed by atoms with E-state index in [2.05, 4.69) is 25.1 Å². The van der Waals surface area contributed by atoms with E-state index in [1.54, 1.807) is 18.5 Å². The molecule has 118 valence electrons. The van der Waals surface area contributed by atoms with Crippen LogP contribution in [0.1, 0.15) is 18.5 Å². The van der Waals surface area contributed by atoms with Gasteiger partial charge in [0.25, 0.3) is 0 Å². The van der Waals surface area contributed by atoms with Gasteiger partial charge in [-0.15, -0.1) is 0 Å². The molecule has 1 fully saturated rings. The second-order valence-corrected chi connectivity index (χ2v) is 7.68. The lowest BCUT2D eigenvalue weighted by Gasteiger charge is -2.32. The van der Waals surface area contributed by atoms with Gasteiger partial charge in [0.1, 0.15) is 4.90 Å². The van der Waals surface area contributed by atoms with Crippen LogP contribution in [0.4, 0.5) is 5.95 Å². The summed E-state index contributed by atoms with van der Waals surface area (Å²) in [6.45, 7) is 1.76. The largest absolute Gasteiger partial charge is 0.341 e. The maximum atomic E-state index is 11.8. The fourth-order valence-electron chi connectivity index (χ4n) is 2.92. The predicted molar refractivity (Wildman–Crippen MR) is 82.4 cm³/mol. The first-order valence-electron chi connectivity index (χ1n) is 7.28. The fraction of sp³-hybridized carbons (Fsp3) is 0.500. The Kier molecular flexibility index (Phi) is 4.10. The lowest BCUT2D eigenvalue weighted by atomic mass is 9.93. The number of H-pyrrole nitrogens is 1. The summed E-state index contributed by atoms with van der Waals surface area (Å²) < 4.78 is 23.5. The maximum absolute atomic E-state index is 11.8. The minimum absolute atomic E-state index is 0.306. The number of hydrogen-bond donors (Lipinski definition) is 1. The van der Waals surface area contributed by atoms with Crippen molar-refractivity contribution in [1.82, 2.24) is 20.2 Å². The topological polar surface area (TPSA) is 91.8 Å². The molecule has 1 aliphatic heterocycles. The number of nitrogens with zero attached hydrogens (tertiary/aromatic N) is 4. The van der Waals surface area contributed by atoms with E-state index in [1.165, 1.54) is 12.5 Å². The molecule has 1 unspecified atom stereocenters. The summed E-state index contributed by atoms with van der Waals surface area (Å²) in [5, 5.41) is 6.72. The molecule has 2 aromatic heterocycles. The highest BCUT2D eigenvalue weighted by molar-refractivity contribution is 7.90. The van der Waals surface area contributed by atoms with Gasteiger partial charge in [0.05, 0.1) is 11.9 Å². The van der Waals surface area contributed by atoms with Gasteiger partial charge in [0.15, 0.2) is 9.84 Å². The van der Waals surface area contributed by atoms with Crippen LogP contribution in [0, 0.1) is 5.92 Å². The van der Waals surface area contributed by atoms with Crippen LogP contribution >= 0.6 is 0 Å². The van der Waals surface area contributed by atoms with E-state index in [-0.39, 0.29) is 0 Å². The third kappa shape index (κ3) is 3.27. The summed E-state index contributed by atoms with van der Waals surface area (Å²) in [6, 6.07) is 1.80. The van der Waals surface area contributed by atoms with Crippen molar-refractivity contribution >= 4 is 15.8 Å². The summed E-state index contributed by atoms with van der Waals surface area (Å²) in [5.74, 6) is 1.10. The lowest BCUT2D eigenvalue weighted by molar-refractivity contribution is 0.404. The van der Waals surface area contributed by atoms with Crippen molar-refractivity contribution in [2.24, 2.45) is 5.92 Å². The Morgan fingerprint density at radius 1 is 1.36 bits per heavy atom. The molecule has 3 heterocycles. The Balaban J connectivity index is 1.73. The normalized spacial score (nSPS) is 19.3. The molecule has 0 bridgehead atoms. The van der Waals surface area contributed by atoms with Crippen molar-refractivity contribution in [3.8, 4) is 0 Å². The molecule has 1 saturated heterocycles. The van der Waals surface area contributed by atoms with E-state index < -0.39 is 9.84 Å². The smallest absolute Gasteiger partial charge is 0.225 e. The molecule has 22 heavy (non-hydrogen) atoms. The molecule has 0 aliphatic carbocycles. The first-order chi connectivity index (χ1) is 10.5. The fourth-order valence-corrected chi connectivity index (χ4v) is 3.74. The molecule has 1 N–H and O–H groups in total. The van der Waals surface area contributed by atoms with Gasteiger partial charge >= 0.3 is 0 Å². The van der Waals surface area contributed by atoms with E-state index >= 15 is 0 Å². The van der Waals surface area contributed by atoms with Crippen LogP contribution in [0.3, 0.4) is 0 Å². The van der Waals surface area contributed by atoms with Gasteiger partial charge in [-0.1, -0.05) is 0 Å². The van der Waals surface area contributed by atoms with Gasteiger partial charge in [-0.3, -0.25) is 5.10 Å². The molecule has 3 rings (SSSR count). The summed E-state index contributed by atoms with van der Waals surface area (Å²) in [5.41, 5.74) is 0.698. The highest BCUT2D eigenvalue weighted by atomic mass is 32.2. The van der Waals surface area contributed by atoms with Crippen molar-refractivity contribution in [1.29, 1.82) is 0 Å². The van der Waals surface area contributed by atoms with Gasteiger partial charge in [-0.2, -0.15) is 5.10 Å². The number of piperidine rings is 1. The zero-order valence-electron chi connectivity index (χ0n) is 12.4. The molecule has 8 heteroatoms. The molecule has 0 spiro atoms. The standard InChI is InChI=1S/C14H19N5O2S/c1-22(20,21)13-9-17-18-12(13)8-11-4-2-7-19(10-11)14-15-5-3-6-16-14/h3,5-6,9,11H,2,4,7-8,10H2,1H3,(H,17,18). The Morgan fingerprint density at radius 2 is 2.14 bits per heavy atom. The van der Waals surface area contributed by atoms with Crippen molar-refractivity contribution in [2.75, 3.05) is 24.2 Å². The molecule has 1 atom stereocenters. The van der Waals surface area contributed by atoms with Crippen LogP contribution in [0.2, 0.25) is 0 Å². The number of aromatic amines is 1. The van der Waals surface area contributed by atoms with Gasteiger partial charge < -0.3 is 4.90 Å². The van der Waals surface area contributed by atoms with Crippen molar-refractivity contribution in [2.45, 2.75) is 24.2 Å². The Hall–Kier alpha value is -1.96. The average molecular weight is 321 g/mol. The Morgan fingerprint density at radius 3 is 2.86 bits per heavy atom. The second-order valence-electron chi connectivity index (χ2n) is 5.69. The number of anilines is 1. The predicted octanol–water partition coefficient (Wildman–Crippen LogP) is 1.06. The third-order valence-corrected chi connectivity index (χ3v) is 5.08. The third-order valence-electron chi connectivity index (χ3n) is 3.92. The van der Waals surface area contributed by atoms with Gasteiger partial charge in [-0.25, -0.2) is 18.4 Å². The minimum Gasteiger partial charge on any atom is -0.341 e. The summed E-state index contributed by atoms with van der Waals surface area (Å²) in [4.78, 5) is 11.0. The molecular formula is C14H19N5O2S. The van der Waals surface area contributed by atoms with Crippen molar-refractivity contribution in [3.63, 3.8) is 0 Å². The van der Waals surface area contributed by atoms with E-state index in [4.69, 9.17) is 0 Å². The SMILES string of the molecule is CS(=O)(=O)c1cn[nH]c1CC1CCCN(c2ncccn2)C1. The van der Waals surface area contributed by atoms with Crippen LogP contribution in [-0.4, -0.2) is 47.9 Å². The van der Waals surface area contributed by atoms with E-state index in [9.17, 15) is 8.42 Å². The first kappa shape index (κ1) is 15.0. The first-order valence-corrected chi connectivity index (χ1v) is 9.17. The molecule has 0 saturated carbocycles. The van der Waals surface area contributed by atoms with Crippen LogP contribution in [-0.2, 0) is 16.3 Å². The lowest BCUT2D eigenvalue weighted by Crippen LogP contribution is -2.37. The van der Waals surface area contributed by atoms with E-state index in [0.717, 1.165) is 31.9 Å². The zero-order chi connectivity index (χ0) is 15.6. The van der Waals surface area contributed by atoms with Gasteiger partial charge in [0.2, 0.25) is 5.95 Å². The molecular weight excluding hydrogens is 302 g/mol. The zero-order valence-corrected chi connectivity index (χ0v) is 13.3. The van der Waals surface area contributed by atoms with E-state index in [1.807, 2.05) is 0 Å². The number of sulfone groups is 1. The maximum Gasteiger partial charge on any atom is 0.225 e. The van der Waals surface area contributed by atoms with Crippen molar-refractivity contribution in [3.05, 3.63) is 30.4 Å². The van der Waals surface area contributed by atoms with Crippen molar-refractivity contribution < 1.29 is 8.42 Å². The van der Waals surface area contributed by atoms with Crippen LogP contribution < -0.4 is 4.90 Å². The summed E-state index contributed by atoms with van der Waals surface area (Å²) in [7, 11) is -3.24. The van der Waals surface area contributed by atoms with Crippen LogP contribution in [0.25, 0.3) is 0 Å². The molecule has 7 nitrogen and oxygen atoms in total. The quantitative estimate of drug-likeness (QED) is 0.905. The molecule has 0 aromatic carbocycles. The van der Waals surface area contributed by atoms with E-state index in [0.29, 0.717) is 22.9 Å². The average Bonchev–Trinajstić information content (AvgIpc) is 2.97. The summed E-state index contributed by atoms with van der Waals surface area (Å²) >= 11 is 0. The van der Waals surface area contributed by atoms with Crippen LogP contribution in [0.5, 0.6) is 0 Å². The highest BCUT2D eigenvalue weighted by Gasteiger charge is 2.25. The second kappa shape index (κ2) is 6.04. The molecule has 0 radical (unpaired) electrons. The Labute approximate surface area is 129 Å². The molecule has 1 aliphatic rings. The minimum atomic E-state index is -3.24. The highest BCUT2D eigenvalue weighted by Crippen LogP contribution is 2.25. The number of nitrogens with one attached hydrogen (secondary N) is 1. The number of hydrogen-bond acceptors (Lipinski definition) is 6. The van der Waals surface area contributed by atoms with Crippen LogP contribution in [0.15, 0.2) is 29.6 Å². The Bertz CT molecular complexity index is 729. The monoisotopic (exact) mass is 321 g/mol. The summed E-state index contributed by atoms with van der Waals surface area (Å²) in [6.07, 6.45) is 8.87. The molecule has 0 amide bonds.